The number of ether oxygens (including phenoxy) is 1. The van der Waals surface area contributed by atoms with Gasteiger partial charge in [-0.05, 0) is 5.92 Å². The SMILES string of the molecule is CCCC([O])OCC(C)C. The van der Waals surface area contributed by atoms with Crippen LogP contribution < -0.4 is 0 Å². The number of rotatable bonds is 5. The van der Waals surface area contributed by atoms with Crippen molar-refractivity contribution in [1.29, 1.82) is 0 Å². The molecule has 0 heterocycles. The van der Waals surface area contributed by atoms with E-state index in [1.807, 2.05) is 20.8 Å². The lowest BCUT2D eigenvalue weighted by atomic mass is 10.2. The van der Waals surface area contributed by atoms with Crippen LogP contribution in [0.4, 0.5) is 0 Å². The molecule has 10 heavy (non-hydrogen) atoms. The maximum absolute atomic E-state index is 10.8. The summed E-state index contributed by atoms with van der Waals surface area (Å²) < 4.78 is 4.99. The summed E-state index contributed by atoms with van der Waals surface area (Å²) in [5, 5.41) is 10.8. The van der Waals surface area contributed by atoms with Gasteiger partial charge in [0, 0.05) is 6.42 Å². The van der Waals surface area contributed by atoms with Gasteiger partial charge in [-0.15, -0.1) is 0 Å². The third kappa shape index (κ3) is 6.05. The summed E-state index contributed by atoms with van der Waals surface area (Å²) in [6, 6.07) is 0. The molecule has 0 aromatic rings. The minimum absolute atomic E-state index is 0.466. The van der Waals surface area contributed by atoms with Crippen LogP contribution in [0.15, 0.2) is 0 Å². The van der Waals surface area contributed by atoms with Crippen LogP contribution in [0.2, 0.25) is 0 Å². The third-order valence-electron chi connectivity index (χ3n) is 1.14. The van der Waals surface area contributed by atoms with Gasteiger partial charge in [-0.1, -0.05) is 27.2 Å². The highest BCUT2D eigenvalue weighted by atomic mass is 16.6. The topological polar surface area (TPSA) is 29.1 Å². The zero-order valence-electron chi connectivity index (χ0n) is 7.09. The molecule has 0 aliphatic carbocycles. The zero-order chi connectivity index (χ0) is 7.98. The van der Waals surface area contributed by atoms with E-state index in [-0.39, 0.29) is 0 Å². The van der Waals surface area contributed by atoms with Gasteiger partial charge in [0.25, 0.3) is 0 Å². The predicted octanol–water partition coefficient (Wildman–Crippen LogP) is 2.22. The van der Waals surface area contributed by atoms with E-state index < -0.39 is 6.29 Å². The fourth-order valence-electron chi connectivity index (χ4n) is 0.619. The van der Waals surface area contributed by atoms with Gasteiger partial charge in [0.05, 0.1) is 6.61 Å². The average Bonchev–Trinajstić information content (AvgIpc) is 1.85. The molecule has 0 aromatic heterocycles. The quantitative estimate of drug-likeness (QED) is 0.545. The zero-order valence-corrected chi connectivity index (χ0v) is 7.09. The first kappa shape index (κ1) is 9.92. The monoisotopic (exact) mass is 145 g/mol. The lowest BCUT2D eigenvalue weighted by Crippen LogP contribution is -2.13. The van der Waals surface area contributed by atoms with Crippen LogP contribution in [0.5, 0.6) is 0 Å². The van der Waals surface area contributed by atoms with Gasteiger partial charge in [-0.25, -0.2) is 5.11 Å². The lowest BCUT2D eigenvalue weighted by Gasteiger charge is -2.09. The molecule has 0 aromatic carbocycles. The maximum Gasteiger partial charge on any atom is 0.191 e. The Labute approximate surface area is 63.2 Å². The molecule has 0 aliphatic heterocycles. The van der Waals surface area contributed by atoms with Crippen molar-refractivity contribution in [2.75, 3.05) is 6.61 Å². The van der Waals surface area contributed by atoms with Crippen molar-refractivity contribution in [3.8, 4) is 0 Å². The predicted molar refractivity (Wildman–Crippen MR) is 40.2 cm³/mol. The first-order valence-corrected chi connectivity index (χ1v) is 3.94. The van der Waals surface area contributed by atoms with Crippen LogP contribution in [0, 0.1) is 5.92 Å². The molecule has 61 valence electrons. The smallest absolute Gasteiger partial charge is 0.191 e. The molecular formula is C8H17O2. The van der Waals surface area contributed by atoms with Crippen molar-refractivity contribution >= 4 is 0 Å². The van der Waals surface area contributed by atoms with Crippen LogP contribution in [0.25, 0.3) is 0 Å². The van der Waals surface area contributed by atoms with Crippen molar-refractivity contribution in [2.24, 2.45) is 5.92 Å². The minimum Gasteiger partial charge on any atom is -0.349 e. The molecule has 2 nitrogen and oxygen atoms in total. The molecule has 1 atom stereocenters. The molecule has 0 amide bonds. The highest BCUT2D eigenvalue weighted by molar-refractivity contribution is 4.43. The maximum atomic E-state index is 10.8. The van der Waals surface area contributed by atoms with Crippen molar-refractivity contribution in [3.63, 3.8) is 0 Å². The van der Waals surface area contributed by atoms with E-state index in [0.29, 0.717) is 18.9 Å². The van der Waals surface area contributed by atoms with Crippen molar-refractivity contribution in [1.82, 2.24) is 0 Å². The molecule has 0 saturated heterocycles. The molecule has 0 fully saturated rings. The highest BCUT2D eigenvalue weighted by Crippen LogP contribution is 2.01. The van der Waals surface area contributed by atoms with Crippen LogP contribution in [-0.2, 0) is 9.84 Å². The normalized spacial score (nSPS) is 14.1. The van der Waals surface area contributed by atoms with E-state index in [9.17, 15) is 5.11 Å². The molecule has 0 bridgehead atoms. The standard InChI is InChI=1S/C8H17O2/c1-4-5-8(9)10-6-7(2)3/h7-8H,4-6H2,1-3H3. The van der Waals surface area contributed by atoms with Crippen LogP contribution in [0.1, 0.15) is 33.6 Å². The Bertz CT molecular complexity index is 71.7. The molecular weight excluding hydrogens is 128 g/mol. The fourth-order valence-corrected chi connectivity index (χ4v) is 0.619. The second-order valence-corrected chi connectivity index (χ2v) is 2.95. The average molecular weight is 145 g/mol. The van der Waals surface area contributed by atoms with Gasteiger partial charge in [0.15, 0.2) is 6.29 Å². The summed E-state index contributed by atoms with van der Waals surface area (Å²) in [5.74, 6) is 0.466. The molecule has 2 heteroatoms. The van der Waals surface area contributed by atoms with Crippen LogP contribution in [-0.4, -0.2) is 12.9 Å². The minimum atomic E-state index is -0.799. The summed E-state index contributed by atoms with van der Waals surface area (Å²) >= 11 is 0. The van der Waals surface area contributed by atoms with Gasteiger partial charge in [-0.3, -0.25) is 0 Å². The summed E-state index contributed by atoms with van der Waals surface area (Å²) in [4.78, 5) is 0. The molecule has 1 radical (unpaired) electrons. The second kappa shape index (κ2) is 5.69. The summed E-state index contributed by atoms with van der Waals surface area (Å²) in [7, 11) is 0. The Hall–Kier alpha value is -0.0800. The van der Waals surface area contributed by atoms with Gasteiger partial charge < -0.3 is 4.74 Å². The molecule has 0 spiro atoms. The highest BCUT2D eigenvalue weighted by Gasteiger charge is 2.04. The van der Waals surface area contributed by atoms with E-state index in [0.717, 1.165) is 6.42 Å². The lowest BCUT2D eigenvalue weighted by molar-refractivity contribution is -0.149. The summed E-state index contributed by atoms with van der Waals surface area (Å²) in [6.45, 7) is 6.66. The van der Waals surface area contributed by atoms with Crippen molar-refractivity contribution in [2.45, 2.75) is 39.9 Å². The van der Waals surface area contributed by atoms with Crippen LogP contribution in [0.3, 0.4) is 0 Å². The second-order valence-electron chi connectivity index (χ2n) is 2.95. The first-order valence-electron chi connectivity index (χ1n) is 3.94. The van der Waals surface area contributed by atoms with Crippen LogP contribution >= 0.6 is 0 Å². The fraction of sp³-hybridized carbons (Fsp3) is 1.00. The van der Waals surface area contributed by atoms with Crippen molar-refractivity contribution < 1.29 is 9.84 Å². The summed E-state index contributed by atoms with van der Waals surface area (Å²) in [6.07, 6.45) is 0.742. The number of hydrogen-bond donors (Lipinski definition) is 0. The molecule has 0 aliphatic rings. The molecule has 0 N–H and O–H groups in total. The Morgan fingerprint density at radius 1 is 1.40 bits per heavy atom. The van der Waals surface area contributed by atoms with E-state index in [1.165, 1.54) is 0 Å². The van der Waals surface area contributed by atoms with E-state index in [2.05, 4.69) is 0 Å². The largest absolute Gasteiger partial charge is 0.349 e. The Kier molecular flexibility index (Phi) is 5.64. The van der Waals surface area contributed by atoms with Gasteiger partial charge in [-0.2, -0.15) is 0 Å². The Balaban J connectivity index is 3.12. The molecule has 1 unspecified atom stereocenters. The van der Waals surface area contributed by atoms with E-state index in [4.69, 9.17) is 4.74 Å². The van der Waals surface area contributed by atoms with Crippen molar-refractivity contribution in [3.05, 3.63) is 0 Å². The first-order chi connectivity index (χ1) is 4.66. The van der Waals surface area contributed by atoms with E-state index in [1.54, 1.807) is 0 Å². The number of hydrogen-bond acceptors (Lipinski definition) is 1. The van der Waals surface area contributed by atoms with Gasteiger partial charge in [0.2, 0.25) is 0 Å². The Morgan fingerprint density at radius 2 is 2.00 bits per heavy atom. The van der Waals surface area contributed by atoms with E-state index >= 15 is 0 Å². The molecule has 0 saturated carbocycles. The van der Waals surface area contributed by atoms with Gasteiger partial charge in [0.1, 0.15) is 0 Å². The summed E-state index contributed by atoms with van der Waals surface area (Å²) in [5.41, 5.74) is 0. The van der Waals surface area contributed by atoms with Gasteiger partial charge >= 0.3 is 0 Å². The Morgan fingerprint density at radius 3 is 2.40 bits per heavy atom. The molecule has 0 rings (SSSR count). The third-order valence-corrected chi connectivity index (χ3v) is 1.14.